The number of carboxylic acids is 1. The maximum absolute atomic E-state index is 15.0. The highest BCUT2D eigenvalue weighted by atomic mass is 19.1. The number of aryl methyl sites for hydroxylation is 1. The number of hydrogen-bond donors (Lipinski definition) is 2. The molecule has 0 bridgehead atoms. The van der Waals surface area contributed by atoms with E-state index in [-0.39, 0.29) is 5.91 Å². The Labute approximate surface area is 198 Å². The van der Waals surface area contributed by atoms with E-state index in [0.717, 1.165) is 17.5 Å². The summed E-state index contributed by atoms with van der Waals surface area (Å²) >= 11 is 0. The van der Waals surface area contributed by atoms with Gasteiger partial charge in [0.05, 0.1) is 5.69 Å². The summed E-state index contributed by atoms with van der Waals surface area (Å²) in [5, 5.41) is 12.6. The van der Waals surface area contributed by atoms with E-state index in [0.29, 0.717) is 43.1 Å². The molecule has 0 aromatic heterocycles. The maximum Gasteiger partial charge on any atom is 0.325 e. The predicted molar refractivity (Wildman–Crippen MR) is 131 cm³/mol. The summed E-state index contributed by atoms with van der Waals surface area (Å²) in [4.78, 5) is 28.4. The van der Waals surface area contributed by atoms with E-state index in [9.17, 15) is 19.1 Å². The van der Waals surface area contributed by atoms with Gasteiger partial charge in [0, 0.05) is 37.4 Å². The highest BCUT2D eigenvalue weighted by molar-refractivity contribution is 6.05. The van der Waals surface area contributed by atoms with E-state index in [1.165, 1.54) is 6.07 Å². The summed E-state index contributed by atoms with van der Waals surface area (Å²) in [7, 11) is 0. The number of anilines is 2. The summed E-state index contributed by atoms with van der Waals surface area (Å²) < 4.78 is 15.0. The molecule has 6 nitrogen and oxygen atoms in total. The van der Waals surface area contributed by atoms with Gasteiger partial charge in [-0.2, -0.15) is 0 Å². The third-order valence-corrected chi connectivity index (χ3v) is 6.22. The molecule has 4 rings (SSSR count). The van der Waals surface area contributed by atoms with Gasteiger partial charge in [0.1, 0.15) is 11.9 Å². The molecule has 1 heterocycles. The van der Waals surface area contributed by atoms with E-state index in [1.54, 1.807) is 18.2 Å². The highest BCUT2D eigenvalue weighted by Crippen LogP contribution is 2.28. The van der Waals surface area contributed by atoms with Crippen molar-refractivity contribution < 1.29 is 19.1 Å². The molecule has 1 unspecified atom stereocenters. The first-order valence-electron chi connectivity index (χ1n) is 11.4. The van der Waals surface area contributed by atoms with Crippen LogP contribution in [0.4, 0.5) is 15.8 Å². The van der Waals surface area contributed by atoms with Crippen LogP contribution < -0.4 is 10.2 Å². The Morgan fingerprint density at radius 3 is 2.29 bits per heavy atom. The maximum atomic E-state index is 15.0. The van der Waals surface area contributed by atoms with Gasteiger partial charge >= 0.3 is 5.97 Å². The number of nitrogens with one attached hydrogen (secondary N) is 1. The molecule has 3 aromatic carbocycles. The number of amides is 1. The standard InChI is InChI=1S/C27H28FN3O3/c1-2-19-8-6-7-11-22(19)26(32)29-21-12-13-24(23(28)18-21)30-14-16-31(17-15-30)25(27(33)34)20-9-4-3-5-10-20/h3-13,18,25H,2,14-17H2,1H3,(H,29,32)(H,33,34). The molecule has 1 aliphatic rings. The highest BCUT2D eigenvalue weighted by Gasteiger charge is 2.30. The monoisotopic (exact) mass is 461 g/mol. The van der Waals surface area contributed by atoms with Crippen molar-refractivity contribution >= 4 is 23.3 Å². The SMILES string of the molecule is CCc1ccccc1C(=O)Nc1ccc(N2CCN(C(C(=O)O)c3ccccc3)CC2)c(F)c1. The minimum atomic E-state index is -0.893. The van der Waals surface area contributed by atoms with Crippen LogP contribution in [0.15, 0.2) is 72.8 Å². The Bertz CT molecular complexity index is 1160. The van der Waals surface area contributed by atoms with Crippen molar-refractivity contribution in [3.05, 3.63) is 95.3 Å². The van der Waals surface area contributed by atoms with Gasteiger partial charge in [-0.25, -0.2) is 4.39 Å². The number of hydrogen-bond acceptors (Lipinski definition) is 4. The van der Waals surface area contributed by atoms with Crippen molar-refractivity contribution in [3.8, 4) is 0 Å². The number of carboxylic acid groups (broad SMARTS) is 1. The molecule has 34 heavy (non-hydrogen) atoms. The first-order valence-corrected chi connectivity index (χ1v) is 11.4. The minimum absolute atomic E-state index is 0.265. The van der Waals surface area contributed by atoms with Gasteiger partial charge in [0.15, 0.2) is 0 Å². The molecule has 0 radical (unpaired) electrons. The molecule has 1 atom stereocenters. The van der Waals surface area contributed by atoms with Crippen LogP contribution in [0.1, 0.15) is 34.5 Å². The molecule has 0 aliphatic carbocycles. The van der Waals surface area contributed by atoms with E-state index in [2.05, 4.69) is 5.32 Å². The smallest absolute Gasteiger partial charge is 0.325 e. The second-order valence-corrected chi connectivity index (χ2v) is 8.31. The molecule has 1 fully saturated rings. The van der Waals surface area contributed by atoms with Crippen LogP contribution in [0.5, 0.6) is 0 Å². The number of carbonyl (C=O) groups is 2. The van der Waals surface area contributed by atoms with Gasteiger partial charge in [-0.3, -0.25) is 14.5 Å². The number of benzene rings is 3. The summed E-state index contributed by atoms with van der Waals surface area (Å²) in [6.45, 7) is 3.99. The average molecular weight is 462 g/mol. The lowest BCUT2D eigenvalue weighted by molar-refractivity contribution is -0.143. The van der Waals surface area contributed by atoms with E-state index < -0.39 is 17.8 Å². The zero-order valence-electron chi connectivity index (χ0n) is 19.1. The Hall–Kier alpha value is -3.71. The lowest BCUT2D eigenvalue weighted by Gasteiger charge is -2.39. The van der Waals surface area contributed by atoms with Gasteiger partial charge in [-0.1, -0.05) is 55.5 Å². The van der Waals surface area contributed by atoms with Crippen LogP contribution in [0.25, 0.3) is 0 Å². The fraction of sp³-hybridized carbons (Fsp3) is 0.259. The van der Waals surface area contributed by atoms with Crippen molar-refractivity contribution in [2.75, 3.05) is 36.4 Å². The first-order chi connectivity index (χ1) is 16.5. The fourth-order valence-corrected chi connectivity index (χ4v) is 4.46. The summed E-state index contributed by atoms with van der Waals surface area (Å²) in [5.41, 5.74) is 3.09. The van der Waals surface area contributed by atoms with E-state index >= 15 is 0 Å². The quantitative estimate of drug-likeness (QED) is 0.539. The number of aliphatic carboxylic acids is 1. The third kappa shape index (κ3) is 5.10. The zero-order chi connectivity index (χ0) is 24.1. The lowest BCUT2D eigenvalue weighted by Crippen LogP contribution is -2.49. The molecule has 176 valence electrons. The van der Waals surface area contributed by atoms with Crippen molar-refractivity contribution in [1.29, 1.82) is 0 Å². The van der Waals surface area contributed by atoms with Crippen LogP contribution in [0, 0.1) is 5.82 Å². The van der Waals surface area contributed by atoms with Crippen LogP contribution >= 0.6 is 0 Å². The van der Waals surface area contributed by atoms with Gasteiger partial charge < -0.3 is 15.3 Å². The summed E-state index contributed by atoms with van der Waals surface area (Å²) in [5.74, 6) is -1.58. The molecular weight excluding hydrogens is 433 g/mol. The number of piperazine rings is 1. The molecule has 3 aromatic rings. The fourth-order valence-electron chi connectivity index (χ4n) is 4.46. The Balaban J connectivity index is 1.42. The molecule has 1 amide bonds. The van der Waals surface area contributed by atoms with Crippen molar-refractivity contribution in [2.24, 2.45) is 0 Å². The first kappa shape index (κ1) is 23.4. The summed E-state index contributed by atoms with van der Waals surface area (Å²) in [6, 6.07) is 20.5. The Morgan fingerprint density at radius 1 is 0.971 bits per heavy atom. The molecule has 1 aliphatic heterocycles. The van der Waals surface area contributed by atoms with Gasteiger partial charge in [0.2, 0.25) is 0 Å². The number of nitrogens with zero attached hydrogens (tertiary/aromatic N) is 2. The minimum Gasteiger partial charge on any atom is -0.480 e. The van der Waals surface area contributed by atoms with E-state index in [1.807, 2.05) is 65.3 Å². The number of rotatable bonds is 7. The Morgan fingerprint density at radius 2 is 1.65 bits per heavy atom. The second-order valence-electron chi connectivity index (χ2n) is 8.31. The van der Waals surface area contributed by atoms with Crippen LogP contribution in [-0.2, 0) is 11.2 Å². The predicted octanol–water partition coefficient (Wildman–Crippen LogP) is 4.59. The van der Waals surface area contributed by atoms with Gasteiger partial charge in [0.25, 0.3) is 5.91 Å². The second kappa shape index (κ2) is 10.5. The normalized spacial score (nSPS) is 15.1. The summed E-state index contributed by atoms with van der Waals surface area (Å²) in [6.07, 6.45) is 0.732. The molecule has 7 heteroatoms. The van der Waals surface area contributed by atoms with Gasteiger partial charge in [-0.15, -0.1) is 0 Å². The van der Waals surface area contributed by atoms with Crippen molar-refractivity contribution in [3.63, 3.8) is 0 Å². The largest absolute Gasteiger partial charge is 0.480 e. The molecule has 0 saturated carbocycles. The third-order valence-electron chi connectivity index (χ3n) is 6.22. The van der Waals surface area contributed by atoms with Crippen molar-refractivity contribution in [2.45, 2.75) is 19.4 Å². The molecule has 1 saturated heterocycles. The molecular formula is C27H28FN3O3. The topological polar surface area (TPSA) is 72.9 Å². The Kier molecular flexibility index (Phi) is 7.23. The lowest BCUT2D eigenvalue weighted by atomic mass is 10.0. The molecule has 0 spiro atoms. The number of carbonyl (C=O) groups excluding carboxylic acids is 1. The van der Waals surface area contributed by atoms with Crippen LogP contribution in [-0.4, -0.2) is 48.1 Å². The van der Waals surface area contributed by atoms with E-state index in [4.69, 9.17) is 0 Å². The average Bonchev–Trinajstić information content (AvgIpc) is 2.85. The molecule has 2 N–H and O–H groups in total. The number of halogens is 1. The van der Waals surface area contributed by atoms with Crippen LogP contribution in [0.2, 0.25) is 0 Å². The zero-order valence-corrected chi connectivity index (χ0v) is 19.1. The van der Waals surface area contributed by atoms with Crippen molar-refractivity contribution in [1.82, 2.24) is 4.90 Å². The van der Waals surface area contributed by atoms with Gasteiger partial charge in [-0.05, 0) is 41.8 Å². The van der Waals surface area contributed by atoms with Crippen LogP contribution in [0.3, 0.4) is 0 Å².